The van der Waals surface area contributed by atoms with Crippen molar-refractivity contribution < 1.29 is 23.9 Å². The van der Waals surface area contributed by atoms with Crippen LogP contribution in [0.15, 0.2) is 36.4 Å². The summed E-state index contributed by atoms with van der Waals surface area (Å²) in [5, 5.41) is 0. The first-order valence-corrected chi connectivity index (χ1v) is 7.98. The van der Waals surface area contributed by atoms with Crippen LogP contribution in [0.2, 0.25) is 0 Å². The summed E-state index contributed by atoms with van der Waals surface area (Å²) in [7, 11) is 0. The largest absolute Gasteiger partial charge is 0.462 e. The second kappa shape index (κ2) is 5.01. The zero-order valence-corrected chi connectivity index (χ0v) is 13.4. The van der Waals surface area contributed by atoms with Gasteiger partial charge < -0.3 is 9.47 Å². The van der Waals surface area contributed by atoms with E-state index in [0.717, 1.165) is 0 Å². The summed E-state index contributed by atoms with van der Waals surface area (Å²) in [6.07, 6.45) is 3.36. The molecule has 24 heavy (non-hydrogen) atoms. The number of nitrogens with zero attached hydrogens (tertiary/aromatic N) is 1. The van der Waals surface area contributed by atoms with E-state index in [4.69, 9.17) is 9.47 Å². The molecule has 0 unspecified atom stereocenters. The third-order valence-corrected chi connectivity index (χ3v) is 4.94. The predicted octanol–water partition coefficient (Wildman–Crippen LogP) is 1.70. The zero-order valence-electron chi connectivity index (χ0n) is 13.4. The number of amides is 2. The maximum absolute atomic E-state index is 12.9. The number of rotatable bonds is 3. The minimum atomic E-state index is -0.727. The van der Waals surface area contributed by atoms with E-state index in [1.54, 1.807) is 25.1 Å². The number of carbonyl (C=O) groups excluding carboxylic acids is 3. The topological polar surface area (TPSA) is 72.9 Å². The molecular weight excluding hydrogens is 310 g/mol. The fourth-order valence-electron chi connectivity index (χ4n) is 3.89. The van der Waals surface area contributed by atoms with Crippen molar-refractivity contribution in [1.82, 2.24) is 0 Å². The fraction of sp³-hybridized carbons (Fsp3) is 0.389. The Morgan fingerprint density at radius 2 is 2.12 bits per heavy atom. The van der Waals surface area contributed by atoms with Crippen LogP contribution in [-0.2, 0) is 19.1 Å². The Kier molecular flexibility index (Phi) is 3.15. The molecule has 0 saturated carbocycles. The van der Waals surface area contributed by atoms with Gasteiger partial charge in [-0.25, -0.2) is 9.69 Å². The van der Waals surface area contributed by atoms with E-state index < -0.39 is 23.4 Å². The van der Waals surface area contributed by atoms with Gasteiger partial charge in [0.25, 0.3) is 0 Å². The van der Waals surface area contributed by atoms with E-state index in [1.165, 1.54) is 11.0 Å². The molecule has 2 saturated heterocycles. The van der Waals surface area contributed by atoms with Gasteiger partial charge in [0.15, 0.2) is 0 Å². The van der Waals surface area contributed by atoms with Crippen molar-refractivity contribution in [2.45, 2.75) is 25.6 Å². The van der Waals surface area contributed by atoms with Gasteiger partial charge in [0.05, 0.1) is 41.4 Å². The van der Waals surface area contributed by atoms with Crippen molar-refractivity contribution in [3.8, 4) is 0 Å². The SMILES string of the molecule is CCOC(=O)c1cccc(N2C(=O)[C@H]3[C@@H]4C=C[C@@](C)(O4)[C@@H]3C2=O)c1. The van der Waals surface area contributed by atoms with E-state index in [-0.39, 0.29) is 24.5 Å². The highest BCUT2D eigenvalue weighted by molar-refractivity contribution is 6.23. The van der Waals surface area contributed by atoms with E-state index in [1.807, 2.05) is 19.1 Å². The molecule has 1 aromatic carbocycles. The smallest absolute Gasteiger partial charge is 0.338 e. The first-order valence-electron chi connectivity index (χ1n) is 7.98. The quantitative estimate of drug-likeness (QED) is 0.480. The van der Waals surface area contributed by atoms with E-state index in [2.05, 4.69) is 0 Å². The molecule has 3 aliphatic rings. The van der Waals surface area contributed by atoms with Gasteiger partial charge >= 0.3 is 5.97 Å². The Morgan fingerprint density at radius 3 is 2.83 bits per heavy atom. The Balaban J connectivity index is 1.69. The van der Waals surface area contributed by atoms with Crippen molar-refractivity contribution >= 4 is 23.5 Å². The summed E-state index contributed by atoms with van der Waals surface area (Å²) >= 11 is 0. The monoisotopic (exact) mass is 327 g/mol. The summed E-state index contributed by atoms with van der Waals surface area (Å²) < 4.78 is 10.8. The molecular formula is C18H17NO5. The van der Waals surface area contributed by atoms with Crippen molar-refractivity contribution in [2.75, 3.05) is 11.5 Å². The maximum atomic E-state index is 12.9. The number of carbonyl (C=O) groups is 3. The number of benzene rings is 1. The molecule has 3 aliphatic heterocycles. The van der Waals surface area contributed by atoms with Gasteiger partial charge in [-0.15, -0.1) is 0 Å². The lowest BCUT2D eigenvalue weighted by Crippen LogP contribution is -2.38. The molecule has 0 radical (unpaired) electrons. The van der Waals surface area contributed by atoms with Crippen LogP contribution in [0.25, 0.3) is 0 Å². The third-order valence-electron chi connectivity index (χ3n) is 4.94. The highest BCUT2D eigenvalue weighted by Crippen LogP contribution is 2.52. The van der Waals surface area contributed by atoms with Crippen LogP contribution in [0.5, 0.6) is 0 Å². The van der Waals surface area contributed by atoms with E-state index in [9.17, 15) is 14.4 Å². The predicted molar refractivity (Wildman–Crippen MR) is 84.3 cm³/mol. The standard InChI is InChI=1S/C18H17NO5/c1-3-23-17(22)10-5-4-6-11(9-10)19-15(20)13-12-7-8-18(2,24-12)14(13)16(19)21/h4-9,12-14H,3H2,1-2H3/t12-,13-,14-,18+/m0/s1. The molecule has 2 amide bonds. The van der Waals surface area contributed by atoms with Crippen molar-refractivity contribution in [3.05, 3.63) is 42.0 Å². The summed E-state index contributed by atoms with van der Waals surface area (Å²) in [5.41, 5.74) is -0.0150. The minimum Gasteiger partial charge on any atom is -0.462 e. The summed E-state index contributed by atoms with van der Waals surface area (Å²) in [6, 6.07) is 6.41. The molecule has 6 nitrogen and oxygen atoms in total. The minimum absolute atomic E-state index is 0.262. The Labute approximate surface area is 139 Å². The van der Waals surface area contributed by atoms with Crippen LogP contribution in [0, 0.1) is 11.8 Å². The van der Waals surface area contributed by atoms with Gasteiger partial charge in [-0.3, -0.25) is 9.59 Å². The lowest BCUT2D eigenvalue weighted by atomic mass is 9.78. The van der Waals surface area contributed by atoms with Gasteiger partial charge in [0.2, 0.25) is 11.8 Å². The van der Waals surface area contributed by atoms with E-state index >= 15 is 0 Å². The molecule has 4 rings (SSSR count). The van der Waals surface area contributed by atoms with Crippen molar-refractivity contribution in [3.63, 3.8) is 0 Å². The zero-order chi connectivity index (χ0) is 17.1. The number of fused-ring (bicyclic) bond motifs is 5. The second-order valence-corrected chi connectivity index (χ2v) is 6.41. The fourth-order valence-corrected chi connectivity index (χ4v) is 3.89. The molecule has 0 N–H and O–H groups in total. The number of ether oxygens (including phenoxy) is 2. The van der Waals surface area contributed by atoms with Crippen molar-refractivity contribution in [1.29, 1.82) is 0 Å². The molecule has 124 valence electrons. The molecule has 0 spiro atoms. The molecule has 3 heterocycles. The Morgan fingerprint density at radius 1 is 1.33 bits per heavy atom. The van der Waals surface area contributed by atoms with Crippen LogP contribution in [0.4, 0.5) is 5.69 Å². The van der Waals surface area contributed by atoms with Crippen LogP contribution >= 0.6 is 0 Å². The Bertz CT molecular complexity index is 785. The second-order valence-electron chi connectivity index (χ2n) is 6.41. The summed E-state index contributed by atoms with van der Waals surface area (Å²) in [6.45, 7) is 3.82. The summed E-state index contributed by atoms with van der Waals surface area (Å²) in [4.78, 5) is 38.8. The van der Waals surface area contributed by atoms with Gasteiger partial charge in [-0.1, -0.05) is 18.2 Å². The van der Waals surface area contributed by atoms with Crippen LogP contribution < -0.4 is 4.90 Å². The molecule has 0 aromatic heterocycles. The van der Waals surface area contributed by atoms with Crippen molar-refractivity contribution in [2.24, 2.45) is 11.8 Å². The normalized spacial score (nSPS) is 33.2. The number of esters is 1. The van der Waals surface area contributed by atoms with E-state index in [0.29, 0.717) is 11.3 Å². The molecule has 6 heteroatoms. The Hall–Kier alpha value is -2.47. The summed E-state index contributed by atoms with van der Waals surface area (Å²) in [5.74, 6) is -2.02. The molecule has 1 aromatic rings. The average molecular weight is 327 g/mol. The average Bonchev–Trinajstić information content (AvgIpc) is 3.17. The van der Waals surface area contributed by atoms with Crippen LogP contribution in [-0.4, -0.2) is 36.1 Å². The molecule has 0 aliphatic carbocycles. The van der Waals surface area contributed by atoms with Gasteiger partial charge in [0, 0.05) is 0 Å². The number of anilines is 1. The molecule has 2 fully saturated rings. The number of hydrogen-bond donors (Lipinski definition) is 0. The van der Waals surface area contributed by atoms with Crippen LogP contribution in [0.3, 0.4) is 0 Å². The first-order chi connectivity index (χ1) is 11.5. The maximum Gasteiger partial charge on any atom is 0.338 e. The van der Waals surface area contributed by atoms with Gasteiger partial charge in [-0.2, -0.15) is 0 Å². The first kappa shape index (κ1) is 15.1. The number of imide groups is 1. The lowest BCUT2D eigenvalue weighted by molar-refractivity contribution is -0.126. The highest BCUT2D eigenvalue weighted by atomic mass is 16.5. The van der Waals surface area contributed by atoms with Gasteiger partial charge in [-0.05, 0) is 32.0 Å². The van der Waals surface area contributed by atoms with Gasteiger partial charge in [0.1, 0.15) is 0 Å². The molecule has 4 atom stereocenters. The van der Waals surface area contributed by atoms with Crippen LogP contribution in [0.1, 0.15) is 24.2 Å². The number of hydrogen-bond acceptors (Lipinski definition) is 5. The highest BCUT2D eigenvalue weighted by Gasteiger charge is 2.66. The third kappa shape index (κ3) is 1.89. The molecule has 2 bridgehead atoms. The lowest BCUT2D eigenvalue weighted by Gasteiger charge is -2.24.